The van der Waals surface area contributed by atoms with Crippen molar-refractivity contribution in [3.63, 3.8) is 0 Å². The number of nitrogens with two attached hydrogens (primary N) is 2. The predicted octanol–water partition coefficient (Wildman–Crippen LogP) is 0.230. The van der Waals surface area contributed by atoms with Crippen LogP contribution in [0.2, 0.25) is 0 Å². The Morgan fingerprint density at radius 1 is 1.48 bits per heavy atom. The van der Waals surface area contributed by atoms with Crippen molar-refractivity contribution in [1.82, 2.24) is 4.98 Å². The topological polar surface area (TPSA) is 143 Å². The first-order valence-corrected chi connectivity index (χ1v) is 7.76. The lowest BCUT2D eigenvalue weighted by Crippen LogP contribution is -2.26. The molecule has 0 aliphatic heterocycles. The summed E-state index contributed by atoms with van der Waals surface area (Å²) in [5.41, 5.74) is 7.42. The molecule has 0 unspecified atom stereocenters. The molecular formula is C13H16N4O3S. The normalized spacial score (nSPS) is 15.8. The first-order valence-electron chi connectivity index (χ1n) is 6.21. The van der Waals surface area contributed by atoms with Gasteiger partial charge in [-0.3, -0.25) is 10.4 Å². The maximum Gasteiger partial charge on any atom is 0.238 e. The van der Waals surface area contributed by atoms with E-state index in [0.717, 1.165) is 0 Å². The Labute approximate surface area is 122 Å². The van der Waals surface area contributed by atoms with Crippen molar-refractivity contribution in [2.45, 2.75) is 19.4 Å². The Morgan fingerprint density at radius 2 is 2.19 bits per heavy atom. The molecule has 8 heteroatoms. The number of amidine groups is 1. The molecule has 0 bridgehead atoms. The second kappa shape index (κ2) is 5.76. The summed E-state index contributed by atoms with van der Waals surface area (Å²) in [6, 6.07) is 3.33. The van der Waals surface area contributed by atoms with Gasteiger partial charge in [0.25, 0.3) is 0 Å². The van der Waals surface area contributed by atoms with Crippen LogP contribution in [0.4, 0.5) is 0 Å². The molecule has 0 saturated heterocycles. The van der Waals surface area contributed by atoms with Crippen LogP contribution in [-0.2, 0) is 16.6 Å². The largest absolute Gasteiger partial charge is 0.390 e. The van der Waals surface area contributed by atoms with E-state index in [0.29, 0.717) is 29.7 Å². The molecule has 0 atom stereocenters. The van der Waals surface area contributed by atoms with Crippen molar-refractivity contribution < 1.29 is 13.5 Å². The number of allylic oxidation sites excluding steroid dienone is 2. The van der Waals surface area contributed by atoms with Gasteiger partial charge >= 0.3 is 0 Å². The molecular weight excluding hydrogens is 292 g/mol. The highest BCUT2D eigenvalue weighted by Gasteiger charge is 2.26. The maximum atomic E-state index is 11.7. The number of aliphatic hydroxyl groups is 1. The van der Waals surface area contributed by atoms with Crippen LogP contribution in [0.5, 0.6) is 0 Å². The summed E-state index contributed by atoms with van der Waals surface area (Å²) < 4.78 is 23.3. The molecule has 112 valence electrons. The minimum atomic E-state index is -3.96. The van der Waals surface area contributed by atoms with Crippen LogP contribution in [0, 0.1) is 5.41 Å². The number of rotatable bonds is 4. The van der Waals surface area contributed by atoms with E-state index in [1.807, 2.05) is 0 Å². The average Bonchev–Trinajstić information content (AvgIpc) is 2.45. The van der Waals surface area contributed by atoms with Crippen LogP contribution < -0.4 is 10.9 Å². The van der Waals surface area contributed by atoms with Gasteiger partial charge in [0, 0.05) is 11.8 Å². The third-order valence-corrected chi connectivity index (χ3v) is 4.16. The van der Waals surface area contributed by atoms with Crippen LogP contribution in [0.15, 0.2) is 34.9 Å². The minimum absolute atomic E-state index is 0.124. The third kappa shape index (κ3) is 3.18. The molecule has 21 heavy (non-hydrogen) atoms. The monoisotopic (exact) mass is 308 g/mol. The summed E-state index contributed by atoms with van der Waals surface area (Å²) in [5, 5.41) is 22.0. The van der Waals surface area contributed by atoms with Gasteiger partial charge in [-0.15, -0.1) is 0 Å². The summed E-state index contributed by atoms with van der Waals surface area (Å²) in [7, 11) is -3.96. The van der Waals surface area contributed by atoms with Gasteiger partial charge in [0.15, 0.2) is 0 Å². The fourth-order valence-electron chi connectivity index (χ4n) is 2.32. The van der Waals surface area contributed by atoms with E-state index in [2.05, 4.69) is 4.98 Å². The summed E-state index contributed by atoms with van der Waals surface area (Å²) in [4.78, 5) is 3.85. The average molecular weight is 308 g/mol. The molecule has 0 amide bonds. The Balaban J connectivity index is 2.67. The van der Waals surface area contributed by atoms with Crippen LogP contribution in [-0.4, -0.2) is 24.3 Å². The Kier molecular flexibility index (Phi) is 4.21. The molecule has 7 nitrogen and oxygen atoms in total. The van der Waals surface area contributed by atoms with E-state index in [1.54, 1.807) is 12.1 Å². The smallest absolute Gasteiger partial charge is 0.238 e. The number of hydrogen-bond acceptors (Lipinski definition) is 5. The van der Waals surface area contributed by atoms with Gasteiger partial charge in [0.1, 0.15) is 5.84 Å². The lowest BCUT2D eigenvalue weighted by Gasteiger charge is -2.20. The molecule has 6 N–H and O–H groups in total. The van der Waals surface area contributed by atoms with Crippen LogP contribution >= 0.6 is 0 Å². The van der Waals surface area contributed by atoms with E-state index in [-0.39, 0.29) is 22.9 Å². The van der Waals surface area contributed by atoms with Crippen LogP contribution in [0.25, 0.3) is 5.57 Å². The number of primary sulfonamides is 1. The molecule has 0 radical (unpaired) electrons. The number of aromatic nitrogens is 1. The molecule has 1 aliphatic rings. The quantitative estimate of drug-likeness (QED) is 0.465. The number of pyridine rings is 1. The highest BCUT2D eigenvalue weighted by atomic mass is 32.2. The SMILES string of the molecule is N=C(N)C1=C(c2ccnc(CO)c2)CCC=C1S(N)(=O)=O. The standard InChI is InChI=1S/C13H16N4O3S/c14-13(15)12-10(2-1-3-11(12)21(16,19)20)8-4-5-17-9(6-8)7-18/h3-6,18H,1-2,7H2,(H3,14,15)(H2,16,19,20). The van der Waals surface area contributed by atoms with E-state index < -0.39 is 10.0 Å². The lowest BCUT2D eigenvalue weighted by molar-refractivity contribution is 0.277. The Bertz CT molecular complexity index is 750. The molecule has 1 aromatic heterocycles. The zero-order valence-electron chi connectivity index (χ0n) is 11.2. The molecule has 1 aromatic rings. The predicted molar refractivity (Wildman–Crippen MR) is 79.4 cm³/mol. The van der Waals surface area contributed by atoms with Crippen molar-refractivity contribution >= 4 is 21.4 Å². The van der Waals surface area contributed by atoms with Crippen molar-refractivity contribution in [3.05, 3.63) is 46.1 Å². The first kappa shape index (κ1) is 15.4. The summed E-state index contributed by atoms with van der Waals surface area (Å²) in [6.07, 6.45) is 4.00. The Hall–Kier alpha value is -2.03. The highest BCUT2D eigenvalue weighted by molar-refractivity contribution is 7.93. The highest BCUT2D eigenvalue weighted by Crippen LogP contribution is 2.34. The van der Waals surface area contributed by atoms with E-state index in [4.69, 9.17) is 21.4 Å². The van der Waals surface area contributed by atoms with Crippen molar-refractivity contribution in [1.29, 1.82) is 5.41 Å². The van der Waals surface area contributed by atoms with E-state index >= 15 is 0 Å². The number of nitrogens with zero attached hydrogens (tertiary/aromatic N) is 1. The second-order valence-corrected chi connectivity index (χ2v) is 6.14. The molecule has 0 saturated carbocycles. The van der Waals surface area contributed by atoms with Gasteiger partial charge in [-0.25, -0.2) is 13.6 Å². The second-order valence-electron chi connectivity index (χ2n) is 4.61. The molecule has 0 aromatic carbocycles. The number of nitrogens with one attached hydrogen (secondary N) is 1. The molecule has 2 rings (SSSR count). The third-order valence-electron chi connectivity index (χ3n) is 3.18. The van der Waals surface area contributed by atoms with Crippen LogP contribution in [0.3, 0.4) is 0 Å². The fourth-order valence-corrected chi connectivity index (χ4v) is 3.19. The maximum absolute atomic E-state index is 11.7. The number of aliphatic hydroxyl groups excluding tert-OH is 1. The minimum Gasteiger partial charge on any atom is -0.390 e. The van der Waals surface area contributed by atoms with E-state index in [9.17, 15) is 8.42 Å². The van der Waals surface area contributed by atoms with Gasteiger partial charge in [-0.2, -0.15) is 0 Å². The first-order chi connectivity index (χ1) is 9.84. The van der Waals surface area contributed by atoms with Crippen molar-refractivity contribution in [3.8, 4) is 0 Å². The summed E-state index contributed by atoms with van der Waals surface area (Å²) >= 11 is 0. The molecule has 0 fully saturated rings. The molecule has 1 aliphatic carbocycles. The summed E-state index contributed by atoms with van der Waals surface area (Å²) in [5.74, 6) is -0.354. The van der Waals surface area contributed by atoms with Gasteiger partial charge in [0.2, 0.25) is 10.0 Å². The van der Waals surface area contributed by atoms with Gasteiger partial charge in [-0.1, -0.05) is 6.08 Å². The zero-order valence-corrected chi connectivity index (χ0v) is 12.0. The van der Waals surface area contributed by atoms with Crippen LogP contribution in [0.1, 0.15) is 24.1 Å². The van der Waals surface area contributed by atoms with Crippen molar-refractivity contribution in [2.75, 3.05) is 0 Å². The van der Waals surface area contributed by atoms with Crippen molar-refractivity contribution in [2.24, 2.45) is 10.9 Å². The van der Waals surface area contributed by atoms with Gasteiger partial charge in [0.05, 0.1) is 17.2 Å². The fraction of sp³-hybridized carbons (Fsp3) is 0.231. The Morgan fingerprint density at radius 3 is 2.76 bits per heavy atom. The zero-order chi connectivity index (χ0) is 15.6. The van der Waals surface area contributed by atoms with Gasteiger partial charge < -0.3 is 10.8 Å². The van der Waals surface area contributed by atoms with E-state index in [1.165, 1.54) is 12.3 Å². The lowest BCUT2D eigenvalue weighted by atomic mass is 9.91. The summed E-state index contributed by atoms with van der Waals surface area (Å²) in [6.45, 7) is -0.228. The number of sulfonamides is 1. The molecule has 0 spiro atoms. The van der Waals surface area contributed by atoms with Gasteiger partial charge in [-0.05, 0) is 36.1 Å². The number of hydrogen-bond donors (Lipinski definition) is 4. The molecule has 1 heterocycles.